The third-order valence-electron chi connectivity index (χ3n) is 3.29. The number of carbonyl (C=O) groups excluding carboxylic acids is 1. The van der Waals surface area contributed by atoms with Gasteiger partial charge < -0.3 is 16.3 Å². The minimum atomic E-state index is -0.245. The number of anilines is 1. The predicted octanol–water partition coefficient (Wildman–Crippen LogP) is 2.65. The summed E-state index contributed by atoms with van der Waals surface area (Å²) in [7, 11) is 0. The van der Waals surface area contributed by atoms with Crippen molar-refractivity contribution in [3.05, 3.63) is 64.7 Å². The highest BCUT2D eigenvalue weighted by molar-refractivity contribution is 6.06. The molecule has 0 spiro atoms. The van der Waals surface area contributed by atoms with Gasteiger partial charge in [-0.3, -0.25) is 4.79 Å². The molecule has 0 aromatic heterocycles. The number of carbonyl (C=O) groups is 1. The van der Waals surface area contributed by atoms with Crippen LogP contribution in [0.15, 0.2) is 47.6 Å². The quantitative estimate of drug-likeness (QED) is 0.350. The number of hydrogen-bond acceptors (Lipinski definition) is 3. The van der Waals surface area contributed by atoms with Crippen molar-refractivity contribution in [3.63, 3.8) is 0 Å². The van der Waals surface area contributed by atoms with Gasteiger partial charge in [0.1, 0.15) is 0 Å². The normalized spacial score (nSPS) is 11.2. The first kappa shape index (κ1) is 14.6. The zero-order chi connectivity index (χ0) is 15.4. The molecule has 0 aliphatic carbocycles. The van der Waals surface area contributed by atoms with E-state index in [1.165, 1.54) is 5.56 Å². The van der Waals surface area contributed by atoms with Crippen molar-refractivity contribution in [2.45, 2.75) is 13.8 Å². The highest BCUT2D eigenvalue weighted by Gasteiger charge is 2.09. The van der Waals surface area contributed by atoms with Crippen molar-refractivity contribution in [1.82, 2.24) is 0 Å². The lowest BCUT2D eigenvalue weighted by Crippen LogP contribution is -2.16. The van der Waals surface area contributed by atoms with Crippen molar-refractivity contribution >= 4 is 17.4 Å². The van der Waals surface area contributed by atoms with E-state index in [-0.39, 0.29) is 11.7 Å². The number of benzene rings is 2. The number of nitrogens with two attached hydrogens (primary N) is 1. The van der Waals surface area contributed by atoms with Crippen molar-refractivity contribution in [2.75, 3.05) is 5.32 Å². The molecule has 0 aliphatic rings. The van der Waals surface area contributed by atoms with Gasteiger partial charge in [-0.15, -0.1) is 0 Å². The molecule has 5 heteroatoms. The summed E-state index contributed by atoms with van der Waals surface area (Å²) in [5.41, 5.74) is 9.47. The lowest BCUT2D eigenvalue weighted by molar-refractivity contribution is 0.102. The van der Waals surface area contributed by atoms with E-state index in [4.69, 9.17) is 10.9 Å². The molecule has 5 nitrogen and oxygen atoms in total. The second kappa shape index (κ2) is 6.09. The maximum Gasteiger partial charge on any atom is 0.255 e. The first-order chi connectivity index (χ1) is 10.0. The number of nitrogens with one attached hydrogen (secondary N) is 1. The average Bonchev–Trinajstić information content (AvgIpc) is 2.50. The summed E-state index contributed by atoms with van der Waals surface area (Å²) in [6.45, 7) is 4.01. The first-order valence-corrected chi connectivity index (χ1v) is 6.48. The first-order valence-electron chi connectivity index (χ1n) is 6.48. The fraction of sp³-hybridized carbons (Fsp3) is 0.125. The summed E-state index contributed by atoms with van der Waals surface area (Å²) in [5, 5.41) is 14.4. The van der Waals surface area contributed by atoms with Crippen LogP contribution in [0, 0.1) is 13.8 Å². The number of rotatable bonds is 3. The van der Waals surface area contributed by atoms with Crippen LogP contribution in [0.5, 0.6) is 0 Å². The Bertz CT molecular complexity index is 708. The zero-order valence-electron chi connectivity index (χ0n) is 11.9. The van der Waals surface area contributed by atoms with Crippen LogP contribution in [0.2, 0.25) is 0 Å². The molecule has 0 saturated carbocycles. The Morgan fingerprint density at radius 3 is 2.48 bits per heavy atom. The molecule has 0 radical (unpaired) electrons. The van der Waals surface area contributed by atoms with Crippen LogP contribution in [0.3, 0.4) is 0 Å². The molecule has 0 aliphatic heterocycles. The van der Waals surface area contributed by atoms with Gasteiger partial charge in [0.15, 0.2) is 5.84 Å². The van der Waals surface area contributed by atoms with Crippen LogP contribution in [-0.2, 0) is 0 Å². The van der Waals surface area contributed by atoms with E-state index >= 15 is 0 Å². The molecular formula is C16H17N3O2. The van der Waals surface area contributed by atoms with Gasteiger partial charge in [0.2, 0.25) is 0 Å². The number of aryl methyl sites for hydroxylation is 2. The molecule has 0 saturated heterocycles. The van der Waals surface area contributed by atoms with E-state index in [1.54, 1.807) is 24.3 Å². The second-order valence-corrected chi connectivity index (χ2v) is 4.82. The molecule has 1 amide bonds. The molecule has 2 aromatic rings. The number of amides is 1. The van der Waals surface area contributed by atoms with Crippen molar-refractivity contribution < 1.29 is 10.0 Å². The van der Waals surface area contributed by atoms with Crippen LogP contribution in [0.4, 0.5) is 5.69 Å². The molecule has 0 heterocycles. The summed E-state index contributed by atoms with van der Waals surface area (Å²) in [5.74, 6) is -0.276. The molecule has 4 N–H and O–H groups in total. The van der Waals surface area contributed by atoms with Crippen molar-refractivity contribution in [1.29, 1.82) is 0 Å². The van der Waals surface area contributed by atoms with E-state index in [9.17, 15) is 4.79 Å². The van der Waals surface area contributed by atoms with Gasteiger partial charge >= 0.3 is 0 Å². The third-order valence-corrected chi connectivity index (χ3v) is 3.29. The van der Waals surface area contributed by atoms with E-state index in [2.05, 4.69) is 10.5 Å². The summed E-state index contributed by atoms with van der Waals surface area (Å²) in [6, 6.07) is 12.3. The number of amidine groups is 1. The summed E-state index contributed by atoms with van der Waals surface area (Å²) < 4.78 is 0. The maximum absolute atomic E-state index is 12.2. The highest BCUT2D eigenvalue weighted by atomic mass is 16.4. The molecule has 0 fully saturated rings. The Morgan fingerprint density at radius 2 is 1.81 bits per heavy atom. The van der Waals surface area contributed by atoms with Gasteiger partial charge in [0.25, 0.3) is 5.91 Å². The smallest absolute Gasteiger partial charge is 0.255 e. The molecule has 108 valence electrons. The highest BCUT2D eigenvalue weighted by Crippen LogP contribution is 2.15. The Kier molecular flexibility index (Phi) is 4.23. The zero-order valence-corrected chi connectivity index (χ0v) is 11.9. The lowest BCUT2D eigenvalue weighted by Gasteiger charge is -2.08. The minimum absolute atomic E-state index is 0.0316. The van der Waals surface area contributed by atoms with Gasteiger partial charge in [-0.25, -0.2) is 0 Å². The molecule has 2 rings (SSSR count). The molecule has 2 aromatic carbocycles. The molecule has 21 heavy (non-hydrogen) atoms. The van der Waals surface area contributed by atoms with Crippen LogP contribution in [0.25, 0.3) is 0 Å². The van der Waals surface area contributed by atoms with Gasteiger partial charge in [-0.05, 0) is 49.2 Å². The number of oxime groups is 1. The van der Waals surface area contributed by atoms with E-state index in [0.29, 0.717) is 11.1 Å². The number of hydrogen-bond donors (Lipinski definition) is 3. The average molecular weight is 283 g/mol. The molecule has 0 atom stereocenters. The van der Waals surface area contributed by atoms with Crippen LogP contribution in [-0.4, -0.2) is 17.0 Å². The Labute approximate surface area is 123 Å². The predicted molar refractivity (Wildman–Crippen MR) is 82.8 cm³/mol. The Morgan fingerprint density at radius 1 is 1.10 bits per heavy atom. The second-order valence-electron chi connectivity index (χ2n) is 4.82. The van der Waals surface area contributed by atoms with Crippen LogP contribution < -0.4 is 11.1 Å². The van der Waals surface area contributed by atoms with Crippen LogP contribution in [0.1, 0.15) is 27.0 Å². The van der Waals surface area contributed by atoms with E-state index in [0.717, 1.165) is 11.3 Å². The number of nitrogens with zero attached hydrogens (tertiary/aromatic N) is 1. The fourth-order valence-corrected chi connectivity index (χ4v) is 1.90. The Balaban J connectivity index is 2.22. The SMILES string of the molecule is Cc1ccc(NC(=O)c2cccc(/C(N)=N/O)c2)cc1C. The van der Waals surface area contributed by atoms with Gasteiger partial charge in [0.05, 0.1) is 0 Å². The van der Waals surface area contributed by atoms with E-state index < -0.39 is 0 Å². The van der Waals surface area contributed by atoms with Gasteiger partial charge in [-0.1, -0.05) is 23.4 Å². The Hall–Kier alpha value is -2.82. The monoisotopic (exact) mass is 283 g/mol. The van der Waals surface area contributed by atoms with Crippen molar-refractivity contribution in [3.8, 4) is 0 Å². The summed E-state index contributed by atoms with van der Waals surface area (Å²) >= 11 is 0. The lowest BCUT2D eigenvalue weighted by atomic mass is 10.1. The topological polar surface area (TPSA) is 87.7 Å². The van der Waals surface area contributed by atoms with Gasteiger partial charge in [-0.2, -0.15) is 0 Å². The largest absolute Gasteiger partial charge is 0.409 e. The molecule has 0 unspecified atom stereocenters. The van der Waals surface area contributed by atoms with Crippen LogP contribution >= 0.6 is 0 Å². The van der Waals surface area contributed by atoms with Gasteiger partial charge in [0, 0.05) is 16.8 Å². The fourth-order valence-electron chi connectivity index (χ4n) is 1.90. The summed E-state index contributed by atoms with van der Waals surface area (Å²) in [6.07, 6.45) is 0. The molecule has 0 bridgehead atoms. The standard InChI is InChI=1S/C16H17N3O2/c1-10-6-7-14(8-11(10)2)18-16(20)13-5-3-4-12(9-13)15(17)19-21/h3-9,21H,1-2H3,(H2,17,19)(H,18,20). The molecular weight excluding hydrogens is 266 g/mol. The van der Waals surface area contributed by atoms with E-state index in [1.807, 2.05) is 32.0 Å². The third kappa shape index (κ3) is 3.39. The maximum atomic E-state index is 12.2. The summed E-state index contributed by atoms with van der Waals surface area (Å²) in [4.78, 5) is 12.2. The minimum Gasteiger partial charge on any atom is -0.409 e. The van der Waals surface area contributed by atoms with Crippen molar-refractivity contribution in [2.24, 2.45) is 10.9 Å².